The zero-order chi connectivity index (χ0) is 20.8. The fourth-order valence-electron chi connectivity index (χ4n) is 3.32. The Morgan fingerprint density at radius 1 is 1.34 bits per heavy atom. The molecule has 9 heteroatoms. The van der Waals surface area contributed by atoms with Gasteiger partial charge in [-0.15, -0.1) is 6.58 Å². The topological polar surface area (TPSA) is 118 Å². The highest BCUT2D eigenvalue weighted by atomic mass is 16.3. The van der Waals surface area contributed by atoms with Crippen molar-refractivity contribution < 1.29 is 10.2 Å². The molecule has 0 spiro atoms. The number of hydrogen-bond donors (Lipinski definition) is 3. The Hall–Kier alpha value is -3.04. The number of pyridine rings is 1. The summed E-state index contributed by atoms with van der Waals surface area (Å²) in [4.78, 5) is 26.3. The summed E-state index contributed by atoms with van der Waals surface area (Å²) in [6.07, 6.45) is 4.25. The fraction of sp³-hybridized carbons (Fsp3) is 0.400. The molecule has 0 amide bonds. The molecule has 1 aliphatic carbocycles. The van der Waals surface area contributed by atoms with E-state index in [9.17, 15) is 15.0 Å². The third kappa shape index (κ3) is 3.43. The predicted molar refractivity (Wildman–Crippen MR) is 109 cm³/mol. The van der Waals surface area contributed by atoms with E-state index in [0.29, 0.717) is 28.5 Å². The van der Waals surface area contributed by atoms with E-state index in [1.807, 2.05) is 0 Å². The van der Waals surface area contributed by atoms with Crippen LogP contribution in [0.15, 0.2) is 41.8 Å². The van der Waals surface area contributed by atoms with Crippen LogP contribution < -0.4 is 10.9 Å². The van der Waals surface area contributed by atoms with Crippen LogP contribution in [0.25, 0.3) is 16.9 Å². The molecule has 29 heavy (non-hydrogen) atoms. The Labute approximate surface area is 167 Å². The maximum absolute atomic E-state index is 12.9. The van der Waals surface area contributed by atoms with Gasteiger partial charge < -0.3 is 15.5 Å². The average Bonchev–Trinajstić information content (AvgIpc) is 2.96. The second kappa shape index (κ2) is 7.09. The predicted octanol–water partition coefficient (Wildman–Crippen LogP) is 1.33. The van der Waals surface area contributed by atoms with Crippen LogP contribution in [0.2, 0.25) is 0 Å². The lowest BCUT2D eigenvalue weighted by Crippen LogP contribution is -2.43. The van der Waals surface area contributed by atoms with Crippen LogP contribution in [0.1, 0.15) is 32.4 Å². The van der Waals surface area contributed by atoms with E-state index in [2.05, 4.69) is 26.8 Å². The minimum Gasteiger partial charge on any atom is -0.391 e. The average molecular weight is 396 g/mol. The molecule has 1 fully saturated rings. The van der Waals surface area contributed by atoms with Gasteiger partial charge >= 0.3 is 0 Å². The molecule has 3 aromatic rings. The summed E-state index contributed by atoms with van der Waals surface area (Å²) in [5, 5.41) is 23.6. The molecular formula is C20H24N6O3. The van der Waals surface area contributed by atoms with E-state index in [1.54, 1.807) is 42.8 Å². The van der Waals surface area contributed by atoms with Gasteiger partial charge in [0.05, 0.1) is 24.4 Å². The zero-order valence-corrected chi connectivity index (χ0v) is 16.4. The number of aromatic nitrogens is 5. The van der Waals surface area contributed by atoms with Gasteiger partial charge in [0.25, 0.3) is 5.56 Å². The molecule has 1 unspecified atom stereocenters. The number of allylic oxidation sites excluding steroid dienone is 1. The highest BCUT2D eigenvalue weighted by Gasteiger charge is 2.29. The Morgan fingerprint density at radius 3 is 2.76 bits per heavy atom. The van der Waals surface area contributed by atoms with Gasteiger partial charge in [-0.2, -0.15) is 4.98 Å². The number of nitrogens with zero attached hydrogens (tertiary/aromatic N) is 5. The van der Waals surface area contributed by atoms with Gasteiger partial charge in [0.1, 0.15) is 11.0 Å². The van der Waals surface area contributed by atoms with Gasteiger partial charge in [0.2, 0.25) is 5.95 Å². The molecule has 0 bridgehead atoms. The van der Waals surface area contributed by atoms with Crippen LogP contribution >= 0.6 is 0 Å². The Morgan fingerprint density at radius 2 is 2.14 bits per heavy atom. The largest absolute Gasteiger partial charge is 0.391 e. The van der Waals surface area contributed by atoms with Crippen molar-refractivity contribution >= 4 is 17.0 Å². The number of nitrogens with one attached hydrogen (secondary N) is 1. The van der Waals surface area contributed by atoms with Crippen molar-refractivity contribution in [3.8, 4) is 5.82 Å². The van der Waals surface area contributed by atoms with E-state index in [-0.39, 0.29) is 18.1 Å². The Bertz CT molecular complexity index is 1130. The molecule has 9 nitrogen and oxygen atoms in total. The normalized spacial score (nSPS) is 19.2. The molecule has 1 aliphatic rings. The maximum Gasteiger partial charge on any atom is 0.278 e. The fourth-order valence-corrected chi connectivity index (χ4v) is 3.32. The molecule has 0 aliphatic heterocycles. The monoisotopic (exact) mass is 396 g/mol. The van der Waals surface area contributed by atoms with Crippen molar-refractivity contribution in [2.24, 2.45) is 0 Å². The molecule has 0 aromatic carbocycles. The highest BCUT2D eigenvalue weighted by molar-refractivity contribution is 5.76. The molecule has 152 valence electrons. The number of hydrogen-bond acceptors (Lipinski definition) is 7. The van der Waals surface area contributed by atoms with Crippen molar-refractivity contribution in [3.05, 3.63) is 53.1 Å². The van der Waals surface area contributed by atoms with Crippen molar-refractivity contribution in [1.29, 1.82) is 0 Å². The van der Waals surface area contributed by atoms with Crippen molar-refractivity contribution in [2.75, 3.05) is 5.32 Å². The van der Waals surface area contributed by atoms with Gasteiger partial charge in [-0.3, -0.25) is 4.79 Å². The molecular weight excluding hydrogens is 372 g/mol. The molecule has 3 heterocycles. The Kier molecular flexibility index (Phi) is 4.71. The van der Waals surface area contributed by atoms with E-state index in [4.69, 9.17) is 0 Å². The lowest BCUT2D eigenvalue weighted by atomic mass is 9.89. The standard InChI is InChI=1S/C20H24N6O3/c1-4-10-25-18(28)12-11-21-19(22-13-8-9-14(13)27)24-17(12)26(25)16-7-5-6-15(23-16)20(2,3)29/h4-7,11,13-14,27,29H,1,8-10H2,2-3H3,(H,21,22,24)/t13?,14-/m1/s1. The van der Waals surface area contributed by atoms with Crippen LogP contribution in [0, 0.1) is 0 Å². The summed E-state index contributed by atoms with van der Waals surface area (Å²) < 4.78 is 3.09. The number of fused-ring (bicyclic) bond motifs is 1. The summed E-state index contributed by atoms with van der Waals surface area (Å²) in [6.45, 7) is 7.29. The van der Waals surface area contributed by atoms with Gasteiger partial charge in [0.15, 0.2) is 11.5 Å². The van der Waals surface area contributed by atoms with Crippen LogP contribution in [0.4, 0.5) is 5.95 Å². The van der Waals surface area contributed by atoms with E-state index in [0.717, 1.165) is 12.8 Å². The van der Waals surface area contributed by atoms with Crippen molar-refractivity contribution in [2.45, 2.75) is 51.0 Å². The maximum atomic E-state index is 12.9. The van der Waals surface area contributed by atoms with Crippen LogP contribution in [-0.4, -0.2) is 46.7 Å². The first kappa shape index (κ1) is 19.3. The summed E-state index contributed by atoms with van der Waals surface area (Å²) >= 11 is 0. The van der Waals surface area contributed by atoms with Gasteiger partial charge in [0, 0.05) is 6.20 Å². The summed E-state index contributed by atoms with van der Waals surface area (Å²) in [7, 11) is 0. The first-order valence-electron chi connectivity index (χ1n) is 9.54. The van der Waals surface area contributed by atoms with E-state index < -0.39 is 11.7 Å². The molecule has 0 radical (unpaired) electrons. The molecule has 1 saturated carbocycles. The molecule has 2 atom stereocenters. The van der Waals surface area contributed by atoms with Crippen molar-refractivity contribution in [3.63, 3.8) is 0 Å². The van der Waals surface area contributed by atoms with Gasteiger partial charge in [-0.25, -0.2) is 19.3 Å². The number of rotatable bonds is 6. The molecule has 4 rings (SSSR count). The Balaban J connectivity index is 1.89. The zero-order valence-electron chi connectivity index (χ0n) is 16.4. The second-order valence-corrected chi connectivity index (χ2v) is 7.75. The third-order valence-electron chi connectivity index (χ3n) is 5.11. The van der Waals surface area contributed by atoms with Crippen LogP contribution in [0.5, 0.6) is 0 Å². The molecule has 0 saturated heterocycles. The third-order valence-corrected chi connectivity index (χ3v) is 5.11. The number of anilines is 1. The number of aliphatic hydroxyl groups excluding tert-OH is 1. The first-order valence-corrected chi connectivity index (χ1v) is 9.54. The minimum absolute atomic E-state index is 0.0977. The minimum atomic E-state index is -1.13. The lowest BCUT2D eigenvalue weighted by molar-refractivity contribution is 0.0737. The summed E-state index contributed by atoms with van der Waals surface area (Å²) in [6, 6.07) is 5.15. The van der Waals surface area contributed by atoms with Crippen LogP contribution in [-0.2, 0) is 12.1 Å². The van der Waals surface area contributed by atoms with E-state index >= 15 is 0 Å². The summed E-state index contributed by atoms with van der Waals surface area (Å²) in [5.41, 5.74) is -0.529. The SMILES string of the molecule is C=CCn1c(=O)c2cnc(NC3CC[C@H]3O)nc2n1-c1cccc(C(C)(C)O)n1. The van der Waals surface area contributed by atoms with Gasteiger partial charge in [-0.1, -0.05) is 12.1 Å². The van der Waals surface area contributed by atoms with Gasteiger partial charge in [-0.05, 0) is 38.8 Å². The molecule has 3 aromatic heterocycles. The molecule has 3 N–H and O–H groups in total. The highest BCUT2D eigenvalue weighted by Crippen LogP contribution is 2.24. The summed E-state index contributed by atoms with van der Waals surface area (Å²) in [5.74, 6) is 0.788. The number of aliphatic hydroxyl groups is 2. The second-order valence-electron chi connectivity index (χ2n) is 7.75. The quantitative estimate of drug-likeness (QED) is 0.538. The van der Waals surface area contributed by atoms with Crippen molar-refractivity contribution in [1.82, 2.24) is 24.3 Å². The lowest BCUT2D eigenvalue weighted by Gasteiger charge is -2.32. The smallest absolute Gasteiger partial charge is 0.278 e. The van der Waals surface area contributed by atoms with Crippen LogP contribution in [0.3, 0.4) is 0 Å². The first-order chi connectivity index (χ1) is 13.8. The van der Waals surface area contributed by atoms with E-state index in [1.165, 1.54) is 10.9 Å².